The minimum atomic E-state index is -2.98. The molecular formula is C9H11NO5S. The third-order valence-corrected chi connectivity index (χ3v) is 2.20. The summed E-state index contributed by atoms with van der Waals surface area (Å²) in [7, 11) is -0.297. The van der Waals surface area contributed by atoms with E-state index in [1.165, 1.54) is 20.2 Å². The summed E-state index contributed by atoms with van der Waals surface area (Å²) in [5.41, 5.74) is 0.749. The maximum atomic E-state index is 11.2. The zero-order valence-electron chi connectivity index (χ0n) is 8.75. The molecule has 0 spiro atoms. The molecule has 0 aliphatic carbocycles. The Labute approximate surface area is 94.5 Å². The number of anilines is 1. The molecule has 0 aromatic heterocycles. The first-order valence-electron chi connectivity index (χ1n) is 4.29. The van der Waals surface area contributed by atoms with Crippen LogP contribution in [0.1, 0.15) is 10.4 Å². The quantitative estimate of drug-likeness (QED) is 0.469. The highest BCUT2D eigenvalue weighted by atomic mass is 32.2. The molecule has 1 aromatic rings. The number of esters is 1. The number of ether oxygens (including phenoxy) is 1. The highest BCUT2D eigenvalue weighted by Crippen LogP contribution is 2.15. The van der Waals surface area contributed by atoms with Crippen molar-refractivity contribution in [1.82, 2.24) is 0 Å². The van der Waals surface area contributed by atoms with E-state index in [4.69, 9.17) is 0 Å². The fourth-order valence-electron chi connectivity index (χ4n) is 1.09. The van der Waals surface area contributed by atoms with Crippen LogP contribution in [0.15, 0.2) is 24.3 Å². The van der Waals surface area contributed by atoms with Gasteiger partial charge in [0.05, 0.1) is 18.4 Å². The van der Waals surface area contributed by atoms with E-state index in [2.05, 4.69) is 9.02 Å². The van der Waals surface area contributed by atoms with Crippen LogP contribution >= 0.6 is 0 Å². The molecule has 16 heavy (non-hydrogen) atoms. The maximum absolute atomic E-state index is 11.2. The molecule has 0 radical (unpaired) electrons. The van der Waals surface area contributed by atoms with Gasteiger partial charge in [-0.05, 0) is 18.2 Å². The number of hydrogen-bond donors (Lipinski definition) is 1. The number of carbonyl (C=O) groups is 1. The predicted molar refractivity (Wildman–Crippen MR) is 57.6 cm³/mol. The summed E-state index contributed by atoms with van der Waals surface area (Å²) in [4.78, 5) is 11.2. The monoisotopic (exact) mass is 245 g/mol. The van der Waals surface area contributed by atoms with Gasteiger partial charge in [-0.3, -0.25) is 0 Å². The van der Waals surface area contributed by atoms with E-state index in [1.807, 2.05) is 0 Å². The third-order valence-electron chi connectivity index (χ3n) is 1.82. The SMILES string of the molecule is COC(=O)c1cccc(N(C)O[SH](=O)=O)c1. The number of rotatable bonds is 4. The van der Waals surface area contributed by atoms with Crippen LogP contribution in [-0.2, 0) is 20.0 Å². The van der Waals surface area contributed by atoms with E-state index in [1.54, 1.807) is 18.2 Å². The molecule has 0 saturated carbocycles. The lowest BCUT2D eigenvalue weighted by Gasteiger charge is -2.14. The Balaban J connectivity index is 2.93. The van der Waals surface area contributed by atoms with Crippen molar-refractivity contribution in [3.8, 4) is 0 Å². The Bertz CT molecular complexity index is 449. The number of benzene rings is 1. The fraction of sp³-hybridized carbons (Fsp3) is 0.222. The average Bonchev–Trinajstić information content (AvgIpc) is 2.27. The van der Waals surface area contributed by atoms with Crippen LogP contribution in [0.4, 0.5) is 5.69 Å². The molecule has 0 bridgehead atoms. The first kappa shape index (κ1) is 12.5. The first-order chi connectivity index (χ1) is 7.54. The largest absolute Gasteiger partial charge is 0.465 e. The Morgan fingerprint density at radius 2 is 2.06 bits per heavy atom. The van der Waals surface area contributed by atoms with Crippen LogP contribution in [0.3, 0.4) is 0 Å². The van der Waals surface area contributed by atoms with Gasteiger partial charge in [-0.25, -0.2) is 18.3 Å². The number of methoxy groups -OCH3 is 1. The zero-order chi connectivity index (χ0) is 12.1. The molecule has 1 aromatic carbocycles. The van der Waals surface area contributed by atoms with Gasteiger partial charge in [0, 0.05) is 7.05 Å². The van der Waals surface area contributed by atoms with Gasteiger partial charge in [0.2, 0.25) is 0 Å². The van der Waals surface area contributed by atoms with Crippen LogP contribution in [0.2, 0.25) is 0 Å². The van der Waals surface area contributed by atoms with Crippen molar-refractivity contribution in [2.75, 3.05) is 19.2 Å². The van der Waals surface area contributed by atoms with Gasteiger partial charge in [-0.15, -0.1) is 0 Å². The summed E-state index contributed by atoms with van der Waals surface area (Å²) < 4.78 is 29.7. The van der Waals surface area contributed by atoms with E-state index < -0.39 is 17.0 Å². The van der Waals surface area contributed by atoms with Crippen molar-refractivity contribution in [2.24, 2.45) is 0 Å². The number of carbonyl (C=O) groups excluding carboxylic acids is 1. The van der Waals surface area contributed by atoms with Crippen LogP contribution in [0, 0.1) is 0 Å². The molecule has 0 fully saturated rings. The summed E-state index contributed by atoms with van der Waals surface area (Å²) in [5, 5.41) is 1.04. The van der Waals surface area contributed by atoms with E-state index in [-0.39, 0.29) is 0 Å². The molecule has 6 nitrogen and oxygen atoms in total. The topological polar surface area (TPSA) is 72.9 Å². The molecule has 0 N–H and O–H groups in total. The minimum absolute atomic E-state index is 0.316. The normalized spacial score (nSPS) is 10.2. The first-order valence-corrected chi connectivity index (χ1v) is 5.38. The average molecular weight is 245 g/mol. The Morgan fingerprint density at radius 1 is 1.38 bits per heavy atom. The molecule has 0 unspecified atom stereocenters. The molecule has 0 saturated heterocycles. The van der Waals surface area contributed by atoms with Gasteiger partial charge < -0.3 is 4.74 Å². The van der Waals surface area contributed by atoms with E-state index in [9.17, 15) is 13.2 Å². The summed E-state index contributed by atoms with van der Waals surface area (Å²) in [6, 6.07) is 6.22. The molecule has 1 rings (SSSR count). The standard InChI is InChI=1S/C9H11NO5S/c1-10(15-16(12)13)8-5-3-4-7(6-8)9(11)14-2/h3-6,16H,1-2H3. The molecule has 0 amide bonds. The van der Waals surface area contributed by atoms with Crippen LogP contribution in [-0.4, -0.2) is 28.5 Å². The van der Waals surface area contributed by atoms with Crippen molar-refractivity contribution in [2.45, 2.75) is 0 Å². The lowest BCUT2D eigenvalue weighted by molar-refractivity contribution is 0.0601. The predicted octanol–water partition coefficient (Wildman–Crippen LogP) is 0.367. The minimum Gasteiger partial charge on any atom is -0.465 e. The van der Waals surface area contributed by atoms with Gasteiger partial charge >= 0.3 is 5.97 Å². The number of hydroxylamine groups is 1. The Hall–Kier alpha value is -1.60. The van der Waals surface area contributed by atoms with Crippen LogP contribution in [0.5, 0.6) is 0 Å². The van der Waals surface area contributed by atoms with E-state index in [0.29, 0.717) is 11.3 Å². The van der Waals surface area contributed by atoms with Crippen molar-refractivity contribution in [1.29, 1.82) is 0 Å². The number of thiol groups is 1. The summed E-state index contributed by atoms with van der Waals surface area (Å²) in [6.45, 7) is 0. The Kier molecular flexibility index (Phi) is 4.27. The Morgan fingerprint density at radius 3 is 2.62 bits per heavy atom. The highest BCUT2D eigenvalue weighted by molar-refractivity contribution is 7.67. The third kappa shape index (κ3) is 3.21. The lowest BCUT2D eigenvalue weighted by Crippen LogP contribution is -2.17. The fourth-order valence-corrected chi connectivity index (χ4v) is 1.39. The smallest absolute Gasteiger partial charge is 0.337 e. The molecule has 88 valence electrons. The van der Waals surface area contributed by atoms with Gasteiger partial charge in [0.15, 0.2) is 0 Å². The zero-order valence-corrected chi connectivity index (χ0v) is 9.64. The molecule has 7 heteroatoms. The molecular weight excluding hydrogens is 234 g/mol. The molecule has 0 aliphatic heterocycles. The van der Waals surface area contributed by atoms with Gasteiger partial charge in [0.1, 0.15) is 0 Å². The van der Waals surface area contributed by atoms with Crippen LogP contribution in [0.25, 0.3) is 0 Å². The van der Waals surface area contributed by atoms with Gasteiger partial charge in [-0.2, -0.15) is 4.28 Å². The lowest BCUT2D eigenvalue weighted by atomic mass is 10.2. The number of nitrogens with zero attached hydrogens (tertiary/aromatic N) is 1. The maximum Gasteiger partial charge on any atom is 0.337 e. The molecule has 0 heterocycles. The van der Waals surface area contributed by atoms with Gasteiger partial charge in [0.25, 0.3) is 11.0 Å². The van der Waals surface area contributed by atoms with E-state index >= 15 is 0 Å². The van der Waals surface area contributed by atoms with Gasteiger partial charge in [-0.1, -0.05) is 6.07 Å². The van der Waals surface area contributed by atoms with Crippen molar-refractivity contribution >= 4 is 22.6 Å². The van der Waals surface area contributed by atoms with Crippen molar-refractivity contribution < 1.29 is 22.2 Å². The second kappa shape index (κ2) is 5.47. The summed E-state index contributed by atoms with van der Waals surface area (Å²) in [5.74, 6) is -0.498. The summed E-state index contributed by atoms with van der Waals surface area (Å²) in [6.07, 6.45) is 0. The number of hydrogen-bond acceptors (Lipinski definition) is 6. The molecule has 0 aliphatic rings. The van der Waals surface area contributed by atoms with Crippen molar-refractivity contribution in [3.05, 3.63) is 29.8 Å². The second-order valence-electron chi connectivity index (χ2n) is 2.84. The van der Waals surface area contributed by atoms with E-state index in [0.717, 1.165) is 5.06 Å². The molecule has 0 atom stereocenters. The second-order valence-corrected chi connectivity index (χ2v) is 3.46. The summed E-state index contributed by atoms with van der Waals surface area (Å²) >= 11 is 0. The highest BCUT2D eigenvalue weighted by Gasteiger charge is 2.08. The van der Waals surface area contributed by atoms with Crippen molar-refractivity contribution in [3.63, 3.8) is 0 Å². The van der Waals surface area contributed by atoms with Crippen LogP contribution < -0.4 is 5.06 Å².